The van der Waals surface area contributed by atoms with E-state index in [1.165, 1.54) is 38.0 Å². The molecule has 1 N–H and O–H groups in total. The predicted molar refractivity (Wildman–Crippen MR) is 73.5 cm³/mol. The largest absolute Gasteiger partial charge is 0.312 e. The molecule has 3 rings (SSSR count). The second kappa shape index (κ2) is 5.85. The van der Waals surface area contributed by atoms with Gasteiger partial charge >= 0.3 is 0 Å². The smallest absolute Gasteiger partial charge is 0.0235 e. The molecule has 0 radical (unpaired) electrons. The molecular formula is C14H21ClN2. The summed E-state index contributed by atoms with van der Waals surface area (Å²) < 4.78 is 0. The van der Waals surface area contributed by atoms with Gasteiger partial charge < -0.3 is 5.32 Å². The molecule has 3 heteroatoms. The summed E-state index contributed by atoms with van der Waals surface area (Å²) in [7, 11) is 0. The van der Waals surface area contributed by atoms with Gasteiger partial charge in [-0.2, -0.15) is 0 Å². The fraction of sp³-hybridized carbons (Fsp3) is 0.571. The van der Waals surface area contributed by atoms with Crippen molar-refractivity contribution in [2.24, 2.45) is 5.92 Å². The van der Waals surface area contributed by atoms with E-state index in [2.05, 4.69) is 40.5 Å². The minimum atomic E-state index is 0. The topological polar surface area (TPSA) is 15.3 Å². The molecule has 0 aliphatic carbocycles. The monoisotopic (exact) mass is 252 g/mol. The van der Waals surface area contributed by atoms with Crippen molar-refractivity contribution < 1.29 is 0 Å². The second-order valence-electron chi connectivity index (χ2n) is 5.14. The minimum absolute atomic E-state index is 0. The lowest BCUT2D eigenvalue weighted by Crippen LogP contribution is -2.40. The van der Waals surface area contributed by atoms with Crippen LogP contribution in [0.3, 0.4) is 0 Å². The molecule has 2 heterocycles. The Morgan fingerprint density at radius 1 is 1.18 bits per heavy atom. The SMILES string of the molecule is Cl.c1ccc(CN2CC3CCCNC3C2)cc1. The first kappa shape index (κ1) is 12.9. The van der Waals surface area contributed by atoms with Gasteiger partial charge in [0.15, 0.2) is 0 Å². The van der Waals surface area contributed by atoms with Crippen molar-refractivity contribution in [2.45, 2.75) is 25.4 Å². The molecule has 0 saturated carbocycles. The van der Waals surface area contributed by atoms with E-state index in [-0.39, 0.29) is 12.4 Å². The molecule has 2 aliphatic heterocycles. The predicted octanol–water partition coefficient (Wildman–Crippen LogP) is 2.29. The van der Waals surface area contributed by atoms with Gasteiger partial charge in [0.25, 0.3) is 0 Å². The van der Waals surface area contributed by atoms with Gasteiger partial charge in [-0.15, -0.1) is 12.4 Å². The van der Waals surface area contributed by atoms with E-state index in [4.69, 9.17) is 0 Å². The van der Waals surface area contributed by atoms with Crippen molar-refractivity contribution >= 4 is 12.4 Å². The summed E-state index contributed by atoms with van der Waals surface area (Å²) in [6, 6.07) is 11.6. The molecule has 0 aromatic heterocycles. The molecule has 94 valence electrons. The van der Waals surface area contributed by atoms with Gasteiger partial charge in [-0.05, 0) is 30.9 Å². The van der Waals surface area contributed by atoms with E-state index >= 15 is 0 Å². The molecule has 2 atom stereocenters. The van der Waals surface area contributed by atoms with Crippen molar-refractivity contribution in [3.63, 3.8) is 0 Å². The molecule has 17 heavy (non-hydrogen) atoms. The first-order valence-electron chi connectivity index (χ1n) is 6.41. The van der Waals surface area contributed by atoms with E-state index in [1.807, 2.05) is 0 Å². The fourth-order valence-corrected chi connectivity index (χ4v) is 3.11. The Morgan fingerprint density at radius 2 is 2.00 bits per heavy atom. The maximum Gasteiger partial charge on any atom is 0.0235 e. The van der Waals surface area contributed by atoms with Crippen LogP contribution < -0.4 is 5.32 Å². The Hall–Kier alpha value is -0.570. The highest BCUT2D eigenvalue weighted by Crippen LogP contribution is 2.25. The van der Waals surface area contributed by atoms with Crippen molar-refractivity contribution in [1.29, 1.82) is 0 Å². The number of nitrogens with zero attached hydrogens (tertiary/aromatic N) is 1. The lowest BCUT2D eigenvalue weighted by Gasteiger charge is -2.24. The van der Waals surface area contributed by atoms with Gasteiger partial charge in [-0.3, -0.25) is 4.90 Å². The molecule has 2 nitrogen and oxygen atoms in total. The zero-order valence-electron chi connectivity index (χ0n) is 10.1. The summed E-state index contributed by atoms with van der Waals surface area (Å²) in [6.45, 7) is 4.86. The van der Waals surface area contributed by atoms with Crippen LogP contribution in [0, 0.1) is 5.92 Å². The van der Waals surface area contributed by atoms with Crippen molar-refractivity contribution in [3.8, 4) is 0 Å². The Labute approximate surface area is 110 Å². The summed E-state index contributed by atoms with van der Waals surface area (Å²) in [5.74, 6) is 0.900. The molecule has 2 unspecified atom stereocenters. The first-order chi connectivity index (χ1) is 7.92. The quantitative estimate of drug-likeness (QED) is 0.869. The summed E-state index contributed by atoms with van der Waals surface area (Å²) in [4.78, 5) is 2.60. The van der Waals surface area contributed by atoms with Gasteiger partial charge in [0, 0.05) is 25.7 Å². The van der Waals surface area contributed by atoms with E-state index in [9.17, 15) is 0 Å². The van der Waals surface area contributed by atoms with Crippen LogP contribution in [0.1, 0.15) is 18.4 Å². The molecule has 0 spiro atoms. The number of nitrogens with one attached hydrogen (secondary N) is 1. The van der Waals surface area contributed by atoms with Crippen molar-refractivity contribution in [1.82, 2.24) is 10.2 Å². The number of piperidine rings is 1. The molecule has 1 aromatic carbocycles. The number of hydrogen-bond acceptors (Lipinski definition) is 2. The maximum absolute atomic E-state index is 3.66. The number of fused-ring (bicyclic) bond motifs is 1. The van der Waals surface area contributed by atoms with Gasteiger partial charge in [-0.25, -0.2) is 0 Å². The fourth-order valence-electron chi connectivity index (χ4n) is 3.11. The third kappa shape index (κ3) is 3.01. The molecule has 2 fully saturated rings. The lowest BCUT2D eigenvalue weighted by atomic mass is 9.94. The van der Waals surface area contributed by atoms with Crippen LogP contribution in [-0.2, 0) is 6.54 Å². The zero-order valence-corrected chi connectivity index (χ0v) is 11.0. The van der Waals surface area contributed by atoms with Gasteiger partial charge in [0.2, 0.25) is 0 Å². The van der Waals surface area contributed by atoms with Crippen LogP contribution >= 0.6 is 12.4 Å². The van der Waals surface area contributed by atoms with Gasteiger partial charge in [0.05, 0.1) is 0 Å². The summed E-state index contributed by atoms with van der Waals surface area (Å²) >= 11 is 0. The van der Waals surface area contributed by atoms with Crippen LogP contribution in [0.4, 0.5) is 0 Å². The average Bonchev–Trinajstić information content (AvgIpc) is 2.72. The highest BCUT2D eigenvalue weighted by Gasteiger charge is 2.33. The van der Waals surface area contributed by atoms with Crippen molar-refractivity contribution in [3.05, 3.63) is 35.9 Å². The molecule has 2 aliphatic rings. The van der Waals surface area contributed by atoms with Gasteiger partial charge in [0.1, 0.15) is 0 Å². The molecule has 0 amide bonds. The van der Waals surface area contributed by atoms with E-state index < -0.39 is 0 Å². The summed E-state index contributed by atoms with van der Waals surface area (Å²) in [5.41, 5.74) is 1.45. The molecule has 1 aromatic rings. The summed E-state index contributed by atoms with van der Waals surface area (Å²) in [5, 5.41) is 3.66. The summed E-state index contributed by atoms with van der Waals surface area (Å²) in [6.07, 6.45) is 2.78. The average molecular weight is 253 g/mol. The van der Waals surface area contributed by atoms with E-state index in [0.717, 1.165) is 18.5 Å². The third-order valence-corrected chi connectivity index (χ3v) is 3.92. The first-order valence-corrected chi connectivity index (χ1v) is 6.41. The normalized spacial score (nSPS) is 28.5. The Morgan fingerprint density at radius 3 is 2.76 bits per heavy atom. The minimum Gasteiger partial charge on any atom is -0.312 e. The molecule has 0 bridgehead atoms. The molecular weight excluding hydrogens is 232 g/mol. The number of benzene rings is 1. The number of likely N-dealkylation sites (tertiary alicyclic amines) is 1. The van der Waals surface area contributed by atoms with Crippen LogP contribution in [0.15, 0.2) is 30.3 Å². The van der Waals surface area contributed by atoms with Crippen LogP contribution in [0.25, 0.3) is 0 Å². The Balaban J connectivity index is 0.00000108. The number of rotatable bonds is 2. The lowest BCUT2D eigenvalue weighted by molar-refractivity contribution is 0.312. The highest BCUT2D eigenvalue weighted by atomic mass is 35.5. The van der Waals surface area contributed by atoms with E-state index in [1.54, 1.807) is 0 Å². The van der Waals surface area contributed by atoms with Crippen molar-refractivity contribution in [2.75, 3.05) is 19.6 Å². The second-order valence-corrected chi connectivity index (χ2v) is 5.14. The van der Waals surface area contributed by atoms with Crippen LogP contribution in [-0.4, -0.2) is 30.6 Å². The van der Waals surface area contributed by atoms with Crippen LogP contribution in [0.2, 0.25) is 0 Å². The maximum atomic E-state index is 3.66. The number of halogens is 1. The molecule has 2 saturated heterocycles. The highest BCUT2D eigenvalue weighted by molar-refractivity contribution is 5.85. The number of hydrogen-bond donors (Lipinski definition) is 1. The van der Waals surface area contributed by atoms with E-state index in [0.29, 0.717) is 0 Å². The third-order valence-electron chi connectivity index (χ3n) is 3.92. The van der Waals surface area contributed by atoms with Crippen LogP contribution in [0.5, 0.6) is 0 Å². The van der Waals surface area contributed by atoms with Gasteiger partial charge in [-0.1, -0.05) is 30.3 Å². The zero-order chi connectivity index (χ0) is 10.8. The Bertz CT molecular complexity index is 327. The standard InChI is InChI=1S/C14H20N2.ClH/c1-2-5-12(6-3-1)9-16-10-13-7-4-8-15-14(13)11-16;/h1-3,5-6,13-15H,4,7-11H2;1H. The Kier molecular flexibility index (Phi) is 4.43.